The Hall–Kier alpha value is -2.95. The van der Waals surface area contributed by atoms with Crippen LogP contribution in [0.1, 0.15) is 16.8 Å². The highest BCUT2D eigenvalue weighted by Gasteiger charge is 2.18. The third-order valence-corrected chi connectivity index (χ3v) is 3.94. The van der Waals surface area contributed by atoms with Gasteiger partial charge in [0.1, 0.15) is 11.5 Å². The van der Waals surface area contributed by atoms with Gasteiger partial charge in [-0.05, 0) is 42.8 Å². The van der Waals surface area contributed by atoms with Crippen molar-refractivity contribution in [1.82, 2.24) is 4.98 Å². The number of aromatic nitrogens is 1. The van der Waals surface area contributed by atoms with E-state index in [2.05, 4.69) is 4.98 Å². The first-order valence-corrected chi connectivity index (χ1v) is 7.59. The second-order valence-electron chi connectivity index (χ2n) is 5.38. The molecule has 0 saturated heterocycles. The van der Waals surface area contributed by atoms with Crippen LogP contribution in [0.2, 0.25) is 0 Å². The maximum absolute atomic E-state index is 5.47. The Labute approximate surface area is 141 Å². The third kappa shape index (κ3) is 2.93. The molecule has 0 amide bonds. The summed E-state index contributed by atoms with van der Waals surface area (Å²) in [6.07, 6.45) is 5.82. The van der Waals surface area contributed by atoms with Crippen molar-refractivity contribution in [3.8, 4) is 11.5 Å². The molecule has 0 bridgehead atoms. The molecule has 0 saturated carbocycles. The summed E-state index contributed by atoms with van der Waals surface area (Å²) >= 11 is 0. The molecule has 1 aliphatic rings. The van der Waals surface area contributed by atoms with Gasteiger partial charge >= 0.3 is 0 Å². The summed E-state index contributed by atoms with van der Waals surface area (Å²) < 4.78 is 16.1. The van der Waals surface area contributed by atoms with Crippen LogP contribution in [0, 0.1) is 6.92 Å². The lowest BCUT2D eigenvalue weighted by Gasteiger charge is -2.08. The molecule has 1 aromatic heterocycles. The summed E-state index contributed by atoms with van der Waals surface area (Å²) in [5, 5.41) is 0. The molecule has 0 spiro atoms. The summed E-state index contributed by atoms with van der Waals surface area (Å²) in [7, 11) is 4.88. The average molecular weight is 324 g/mol. The van der Waals surface area contributed by atoms with Crippen LogP contribution in [0.5, 0.6) is 11.5 Å². The number of nitrogens with one attached hydrogen (secondary N) is 1. The number of H-pyrrole nitrogens is 1. The third-order valence-electron chi connectivity index (χ3n) is 3.94. The van der Waals surface area contributed by atoms with Gasteiger partial charge in [-0.15, -0.1) is 0 Å². The minimum absolute atomic E-state index is 0.669. The SMILES string of the molecule is COC1=CC(c2ccc(OC)c(OC)c2)=N/C1=C\c1[nH]ccc1C. The molecule has 5 heteroatoms. The molecule has 124 valence electrons. The zero-order chi connectivity index (χ0) is 17.1. The number of ether oxygens (including phenoxy) is 3. The summed E-state index contributed by atoms with van der Waals surface area (Å²) in [5.74, 6) is 2.09. The van der Waals surface area contributed by atoms with Crippen LogP contribution < -0.4 is 9.47 Å². The van der Waals surface area contributed by atoms with Crippen molar-refractivity contribution in [2.24, 2.45) is 4.99 Å². The summed E-state index contributed by atoms with van der Waals surface area (Å²) in [6, 6.07) is 7.75. The largest absolute Gasteiger partial charge is 0.494 e. The highest BCUT2D eigenvalue weighted by atomic mass is 16.5. The number of allylic oxidation sites excluding steroid dienone is 1. The van der Waals surface area contributed by atoms with Crippen molar-refractivity contribution in [2.75, 3.05) is 21.3 Å². The average Bonchev–Trinajstić information content (AvgIpc) is 3.21. The highest BCUT2D eigenvalue weighted by molar-refractivity contribution is 6.12. The lowest BCUT2D eigenvalue weighted by molar-refractivity contribution is 0.303. The monoisotopic (exact) mass is 324 g/mol. The van der Waals surface area contributed by atoms with Crippen molar-refractivity contribution in [2.45, 2.75) is 6.92 Å². The fourth-order valence-corrected chi connectivity index (χ4v) is 2.58. The van der Waals surface area contributed by atoms with Crippen LogP contribution >= 0.6 is 0 Å². The van der Waals surface area contributed by atoms with Gasteiger partial charge in [0.25, 0.3) is 0 Å². The lowest BCUT2D eigenvalue weighted by Crippen LogP contribution is -1.97. The standard InChI is InChI=1S/C19H20N2O3/c1-12-7-8-20-14(12)10-16-18(23-3)11-15(21-16)13-5-6-17(22-2)19(9-13)24-4/h5-11,20H,1-4H3/b16-10-. The van der Waals surface area contributed by atoms with Gasteiger partial charge in [0.2, 0.25) is 0 Å². The lowest BCUT2D eigenvalue weighted by atomic mass is 10.1. The van der Waals surface area contributed by atoms with Crippen LogP contribution in [-0.4, -0.2) is 32.0 Å². The number of aliphatic imine (C=N–C) groups is 1. The number of methoxy groups -OCH3 is 3. The zero-order valence-corrected chi connectivity index (χ0v) is 14.2. The molecule has 0 radical (unpaired) electrons. The van der Waals surface area contributed by atoms with Gasteiger partial charge in [-0.2, -0.15) is 0 Å². The minimum atomic E-state index is 0.669. The van der Waals surface area contributed by atoms with Crippen molar-refractivity contribution >= 4 is 11.8 Å². The number of rotatable bonds is 5. The van der Waals surface area contributed by atoms with Crippen molar-refractivity contribution in [3.05, 3.63) is 64.8 Å². The maximum Gasteiger partial charge on any atom is 0.161 e. The molecular weight excluding hydrogens is 304 g/mol. The molecule has 1 N–H and O–H groups in total. The molecule has 1 aliphatic heterocycles. The Bertz CT molecular complexity index is 844. The molecule has 1 aromatic carbocycles. The second kappa shape index (κ2) is 6.66. The van der Waals surface area contributed by atoms with E-state index in [4.69, 9.17) is 19.2 Å². The van der Waals surface area contributed by atoms with E-state index in [0.29, 0.717) is 11.5 Å². The normalized spacial score (nSPS) is 15.2. The van der Waals surface area contributed by atoms with Gasteiger partial charge in [-0.3, -0.25) is 0 Å². The van der Waals surface area contributed by atoms with Crippen LogP contribution in [0.3, 0.4) is 0 Å². The van der Waals surface area contributed by atoms with Crippen molar-refractivity contribution < 1.29 is 14.2 Å². The molecular formula is C19H20N2O3. The number of nitrogens with zero attached hydrogens (tertiary/aromatic N) is 1. The molecule has 0 atom stereocenters. The molecule has 0 aliphatic carbocycles. The van der Waals surface area contributed by atoms with Crippen LogP contribution in [0.15, 0.2) is 53.0 Å². The summed E-state index contributed by atoms with van der Waals surface area (Å²) in [4.78, 5) is 7.90. The van der Waals surface area contributed by atoms with E-state index in [9.17, 15) is 0 Å². The van der Waals surface area contributed by atoms with E-state index < -0.39 is 0 Å². The molecule has 2 heterocycles. The van der Waals surface area contributed by atoms with Crippen LogP contribution in [0.4, 0.5) is 0 Å². The predicted molar refractivity (Wildman–Crippen MR) is 94.7 cm³/mol. The first-order valence-electron chi connectivity index (χ1n) is 7.59. The van der Waals surface area contributed by atoms with Gasteiger partial charge in [0.05, 0.1) is 27.0 Å². The van der Waals surface area contributed by atoms with E-state index in [0.717, 1.165) is 34.0 Å². The van der Waals surface area contributed by atoms with Crippen molar-refractivity contribution in [3.63, 3.8) is 0 Å². The topological polar surface area (TPSA) is 55.8 Å². The molecule has 0 unspecified atom stereocenters. The Kier molecular flexibility index (Phi) is 4.42. The first-order chi connectivity index (χ1) is 11.7. The Morgan fingerprint density at radius 2 is 1.79 bits per heavy atom. The van der Waals surface area contributed by atoms with E-state index >= 15 is 0 Å². The van der Waals surface area contributed by atoms with E-state index in [1.807, 2.05) is 49.5 Å². The molecule has 0 fully saturated rings. The van der Waals surface area contributed by atoms with Gasteiger partial charge < -0.3 is 19.2 Å². The summed E-state index contributed by atoms with van der Waals surface area (Å²) in [6.45, 7) is 2.05. The Balaban J connectivity index is 2.00. The number of hydrogen-bond donors (Lipinski definition) is 1. The van der Waals surface area contributed by atoms with E-state index in [-0.39, 0.29) is 0 Å². The number of aromatic amines is 1. The maximum atomic E-state index is 5.47. The van der Waals surface area contributed by atoms with Gasteiger partial charge in [-0.25, -0.2) is 4.99 Å². The fraction of sp³-hybridized carbons (Fsp3) is 0.211. The molecule has 3 rings (SSSR count). The summed E-state index contributed by atoms with van der Waals surface area (Å²) in [5.41, 5.74) is 4.72. The van der Waals surface area contributed by atoms with E-state index in [1.165, 1.54) is 0 Å². The van der Waals surface area contributed by atoms with Crippen LogP contribution in [-0.2, 0) is 4.74 Å². The second-order valence-corrected chi connectivity index (χ2v) is 5.38. The zero-order valence-electron chi connectivity index (χ0n) is 14.2. The quantitative estimate of drug-likeness (QED) is 0.912. The molecule has 2 aromatic rings. The number of benzene rings is 1. The molecule has 24 heavy (non-hydrogen) atoms. The van der Waals surface area contributed by atoms with Gasteiger partial charge in [0, 0.05) is 23.5 Å². The Morgan fingerprint density at radius 3 is 2.42 bits per heavy atom. The highest BCUT2D eigenvalue weighted by Crippen LogP contribution is 2.31. The van der Waals surface area contributed by atoms with Crippen molar-refractivity contribution in [1.29, 1.82) is 0 Å². The van der Waals surface area contributed by atoms with E-state index in [1.54, 1.807) is 21.3 Å². The predicted octanol–water partition coefficient (Wildman–Crippen LogP) is 3.71. The Morgan fingerprint density at radius 1 is 1.00 bits per heavy atom. The van der Waals surface area contributed by atoms with Crippen LogP contribution in [0.25, 0.3) is 6.08 Å². The first kappa shape index (κ1) is 15.9. The minimum Gasteiger partial charge on any atom is -0.494 e. The fourth-order valence-electron chi connectivity index (χ4n) is 2.58. The molecule has 5 nitrogen and oxygen atoms in total. The van der Waals surface area contributed by atoms with Gasteiger partial charge in [0.15, 0.2) is 11.5 Å². The number of aryl methyl sites for hydroxylation is 1. The number of hydrogen-bond acceptors (Lipinski definition) is 4. The smallest absolute Gasteiger partial charge is 0.161 e. The van der Waals surface area contributed by atoms with Gasteiger partial charge in [-0.1, -0.05) is 0 Å².